The van der Waals surface area contributed by atoms with Gasteiger partial charge in [0.25, 0.3) is 0 Å². The van der Waals surface area contributed by atoms with Crippen LogP contribution in [0.5, 0.6) is 0 Å². The highest BCUT2D eigenvalue weighted by molar-refractivity contribution is 6.30. The molecule has 0 aliphatic rings. The van der Waals surface area contributed by atoms with Crippen LogP contribution in [0.2, 0.25) is 5.02 Å². The third-order valence-electron chi connectivity index (χ3n) is 6.27. The lowest BCUT2D eigenvalue weighted by molar-refractivity contribution is -0.164. The number of aromatic nitrogens is 2. The quantitative estimate of drug-likeness (QED) is 0.180. The van der Waals surface area contributed by atoms with E-state index in [4.69, 9.17) is 37.2 Å². The summed E-state index contributed by atoms with van der Waals surface area (Å²) in [7, 11) is 1.32. The maximum atomic E-state index is 13.1. The van der Waals surface area contributed by atoms with Gasteiger partial charge in [0.2, 0.25) is 5.69 Å². The van der Waals surface area contributed by atoms with E-state index in [9.17, 15) is 4.79 Å². The minimum Gasteiger partial charge on any atom is -0.467 e. The van der Waals surface area contributed by atoms with Crippen molar-refractivity contribution in [2.24, 2.45) is 0 Å². The van der Waals surface area contributed by atoms with E-state index in [0.717, 1.165) is 28.1 Å². The van der Waals surface area contributed by atoms with Crippen molar-refractivity contribution in [1.82, 2.24) is 10.1 Å². The van der Waals surface area contributed by atoms with Crippen LogP contribution >= 0.6 is 11.6 Å². The molecule has 2 aromatic carbocycles. The van der Waals surface area contributed by atoms with Gasteiger partial charge in [-0.1, -0.05) is 53.2 Å². The molecule has 1 atom stereocenters. The summed E-state index contributed by atoms with van der Waals surface area (Å²) in [4.78, 5) is 21.8. The van der Waals surface area contributed by atoms with Crippen LogP contribution in [0.4, 0.5) is 5.69 Å². The number of hydrogen-bond donors (Lipinski definition) is 0. The van der Waals surface area contributed by atoms with Crippen LogP contribution in [0.25, 0.3) is 38.4 Å². The Balaban J connectivity index is 1.98. The normalized spacial score (nSPS) is 12.2. The van der Waals surface area contributed by atoms with Gasteiger partial charge in [0, 0.05) is 21.8 Å². The van der Waals surface area contributed by atoms with Gasteiger partial charge in [0.05, 0.1) is 30.7 Å². The second-order valence-corrected chi connectivity index (χ2v) is 10.6. The van der Waals surface area contributed by atoms with E-state index < -0.39 is 17.7 Å². The van der Waals surface area contributed by atoms with E-state index in [2.05, 4.69) is 10.0 Å². The molecule has 0 fully saturated rings. The molecule has 0 amide bonds. The first-order valence-electron chi connectivity index (χ1n) is 12.4. The number of methoxy groups -OCH3 is 1. The number of aryl methyl sites for hydroxylation is 3. The predicted molar refractivity (Wildman–Crippen MR) is 152 cm³/mol. The van der Waals surface area contributed by atoms with Crippen LogP contribution in [0.1, 0.15) is 49.6 Å². The number of ether oxygens (including phenoxy) is 2. The molecule has 0 saturated heterocycles. The Morgan fingerprint density at radius 1 is 0.949 bits per heavy atom. The highest BCUT2D eigenvalue weighted by Crippen LogP contribution is 2.46. The Labute approximate surface area is 233 Å². The zero-order valence-corrected chi connectivity index (χ0v) is 23.8. The smallest absolute Gasteiger partial charge is 0.339 e. The molecule has 8 heteroatoms. The third-order valence-corrected chi connectivity index (χ3v) is 6.53. The van der Waals surface area contributed by atoms with Gasteiger partial charge in [0.15, 0.2) is 6.10 Å². The minimum atomic E-state index is -1.09. The molecule has 4 aromatic rings. The molecule has 200 valence electrons. The maximum absolute atomic E-state index is 13.1. The van der Waals surface area contributed by atoms with Crippen molar-refractivity contribution in [3.63, 3.8) is 0 Å². The van der Waals surface area contributed by atoms with Gasteiger partial charge < -0.3 is 14.0 Å². The van der Waals surface area contributed by atoms with E-state index in [0.29, 0.717) is 38.8 Å². The Morgan fingerprint density at radius 2 is 1.51 bits per heavy atom. The van der Waals surface area contributed by atoms with Gasteiger partial charge >= 0.3 is 5.97 Å². The second kappa shape index (κ2) is 11.0. The fourth-order valence-electron chi connectivity index (χ4n) is 4.62. The van der Waals surface area contributed by atoms with Crippen LogP contribution in [-0.2, 0) is 14.3 Å². The molecule has 2 aromatic heterocycles. The standard InChI is InChI=1S/C31H30ClN3O4/c1-17-25(29(30(36)37-8)38-31(4,5)6)26(21-13-15-23(32)16-14-21)28(33-7)27(34-17)22-11-9-20(10-12-22)24-18(2)35-39-19(24)3/h9-16,29H,1-6,8H3/t29-/m0/s1. The molecule has 7 nitrogen and oxygen atoms in total. The molecule has 0 bridgehead atoms. The number of pyridine rings is 1. The average molecular weight is 544 g/mol. The highest BCUT2D eigenvalue weighted by Gasteiger charge is 2.34. The van der Waals surface area contributed by atoms with Crippen LogP contribution < -0.4 is 0 Å². The van der Waals surface area contributed by atoms with Gasteiger partial charge in [0.1, 0.15) is 5.76 Å². The SMILES string of the molecule is [C-]#[N+]c1c(-c2ccc(-c3c(C)noc3C)cc2)nc(C)c([C@H](OC(C)(C)C)C(=O)OC)c1-c1ccc(Cl)cc1. The number of hydrogen-bond acceptors (Lipinski definition) is 6. The number of nitrogens with zero attached hydrogens (tertiary/aromatic N) is 3. The Bertz CT molecular complexity index is 1540. The average Bonchev–Trinajstić information content (AvgIpc) is 3.24. The summed E-state index contributed by atoms with van der Waals surface area (Å²) in [5.74, 6) is 0.163. The van der Waals surface area contributed by atoms with E-state index in [1.807, 2.05) is 77.9 Å². The monoisotopic (exact) mass is 543 g/mol. The zero-order valence-electron chi connectivity index (χ0n) is 23.0. The van der Waals surface area contributed by atoms with Crippen molar-refractivity contribution < 1.29 is 18.8 Å². The van der Waals surface area contributed by atoms with Crippen LogP contribution in [-0.4, -0.2) is 28.8 Å². The topological polar surface area (TPSA) is 78.8 Å². The number of carbonyl (C=O) groups is 1. The van der Waals surface area contributed by atoms with Crippen LogP contribution in [0.15, 0.2) is 53.1 Å². The van der Waals surface area contributed by atoms with Gasteiger partial charge in [-0.05, 0) is 75.9 Å². The molecule has 0 N–H and O–H groups in total. The number of rotatable bonds is 6. The Kier molecular flexibility index (Phi) is 7.91. The lowest BCUT2D eigenvalue weighted by Gasteiger charge is -2.29. The molecule has 2 heterocycles. The van der Waals surface area contributed by atoms with E-state index in [1.54, 1.807) is 12.1 Å². The first kappa shape index (κ1) is 28.0. The number of carbonyl (C=O) groups excluding carboxylic acids is 1. The highest BCUT2D eigenvalue weighted by atomic mass is 35.5. The van der Waals surface area contributed by atoms with E-state index in [1.165, 1.54) is 7.11 Å². The van der Waals surface area contributed by atoms with Crippen molar-refractivity contribution in [2.45, 2.75) is 53.2 Å². The molecule has 0 unspecified atom stereocenters. The molecule has 0 aliphatic carbocycles. The lowest BCUT2D eigenvalue weighted by atomic mass is 9.90. The maximum Gasteiger partial charge on any atom is 0.339 e. The van der Waals surface area contributed by atoms with Crippen LogP contribution in [0, 0.1) is 27.3 Å². The summed E-state index contributed by atoms with van der Waals surface area (Å²) in [5.41, 5.74) is 5.89. The van der Waals surface area contributed by atoms with Crippen molar-refractivity contribution in [2.75, 3.05) is 7.11 Å². The Morgan fingerprint density at radius 3 is 2.03 bits per heavy atom. The molecule has 0 spiro atoms. The zero-order chi connectivity index (χ0) is 28.5. The van der Waals surface area contributed by atoms with Gasteiger partial charge in [-0.2, -0.15) is 0 Å². The van der Waals surface area contributed by atoms with Crippen molar-refractivity contribution in [3.8, 4) is 33.5 Å². The summed E-state index contributed by atoms with van der Waals surface area (Å²) in [6, 6.07) is 14.9. The van der Waals surface area contributed by atoms with Crippen molar-refractivity contribution in [3.05, 3.63) is 87.7 Å². The molecule has 0 radical (unpaired) electrons. The van der Waals surface area contributed by atoms with Crippen molar-refractivity contribution >= 4 is 23.3 Å². The molecular formula is C31H30ClN3O4. The second-order valence-electron chi connectivity index (χ2n) is 10.2. The molecule has 39 heavy (non-hydrogen) atoms. The fraction of sp³-hybridized carbons (Fsp3) is 0.290. The predicted octanol–water partition coefficient (Wildman–Crippen LogP) is 8.23. The molecule has 4 rings (SSSR count). The van der Waals surface area contributed by atoms with E-state index in [-0.39, 0.29) is 0 Å². The molecule has 0 saturated carbocycles. The van der Waals surface area contributed by atoms with Gasteiger partial charge in [-0.15, -0.1) is 0 Å². The summed E-state index contributed by atoms with van der Waals surface area (Å²) in [6.45, 7) is 19.4. The molecular weight excluding hydrogens is 514 g/mol. The Hall–Kier alpha value is -3.99. The number of esters is 1. The third kappa shape index (κ3) is 5.73. The summed E-state index contributed by atoms with van der Waals surface area (Å²) in [6.07, 6.45) is -1.09. The lowest BCUT2D eigenvalue weighted by Crippen LogP contribution is -2.29. The van der Waals surface area contributed by atoms with E-state index >= 15 is 0 Å². The van der Waals surface area contributed by atoms with Crippen LogP contribution in [0.3, 0.4) is 0 Å². The fourth-order valence-corrected chi connectivity index (χ4v) is 4.75. The first-order chi connectivity index (χ1) is 18.4. The summed E-state index contributed by atoms with van der Waals surface area (Å²) < 4.78 is 16.7. The summed E-state index contributed by atoms with van der Waals surface area (Å²) >= 11 is 6.19. The van der Waals surface area contributed by atoms with Crippen molar-refractivity contribution in [1.29, 1.82) is 0 Å². The minimum absolute atomic E-state index is 0.300. The summed E-state index contributed by atoms with van der Waals surface area (Å²) in [5, 5.41) is 4.61. The first-order valence-corrected chi connectivity index (χ1v) is 12.8. The molecule has 0 aliphatic heterocycles. The number of benzene rings is 2. The number of halogens is 1. The van der Waals surface area contributed by atoms with Gasteiger partial charge in [-0.25, -0.2) is 9.64 Å². The largest absolute Gasteiger partial charge is 0.467 e. The van der Waals surface area contributed by atoms with Gasteiger partial charge in [-0.3, -0.25) is 4.98 Å².